The van der Waals surface area contributed by atoms with Gasteiger partial charge in [-0.1, -0.05) is 0 Å². The van der Waals surface area contributed by atoms with Crippen LogP contribution < -0.4 is 9.80 Å². The second-order valence-electron chi connectivity index (χ2n) is 3.29. The molecule has 0 spiro atoms. The summed E-state index contributed by atoms with van der Waals surface area (Å²) in [6.07, 6.45) is 1.58. The van der Waals surface area contributed by atoms with E-state index in [1.807, 2.05) is 13.8 Å². The second-order valence-corrected chi connectivity index (χ2v) is 3.29. The minimum absolute atomic E-state index is 0.164. The number of carbonyl (C=O) groups is 1. The standard InChI is InChI=1S/C8H12N4O/c1-6-9-7(2)12(10-6)11-5-3-4-8(11)13/h3-5H2,1-2H3/p+1. The van der Waals surface area contributed by atoms with Crippen molar-refractivity contribution in [3.05, 3.63) is 11.6 Å². The van der Waals surface area contributed by atoms with Crippen molar-refractivity contribution in [1.82, 2.24) is 10.1 Å². The van der Waals surface area contributed by atoms with Crippen LogP contribution in [0.5, 0.6) is 0 Å². The van der Waals surface area contributed by atoms with Crippen LogP contribution in [0, 0.1) is 13.8 Å². The van der Waals surface area contributed by atoms with Gasteiger partial charge in [0.2, 0.25) is 0 Å². The molecule has 0 unspecified atom stereocenters. The van der Waals surface area contributed by atoms with Crippen molar-refractivity contribution in [2.75, 3.05) is 11.6 Å². The molecule has 1 aromatic rings. The van der Waals surface area contributed by atoms with Gasteiger partial charge in [0, 0.05) is 20.3 Å². The first kappa shape index (κ1) is 8.22. The monoisotopic (exact) mass is 181 g/mol. The Labute approximate surface area is 76.3 Å². The Morgan fingerprint density at radius 3 is 2.77 bits per heavy atom. The smallest absolute Gasteiger partial charge is 0.271 e. The number of aromatic amines is 1. The number of amides is 1. The maximum absolute atomic E-state index is 11.4. The SMILES string of the molecule is Cc1nc(C)[n+](N2CCCC2=O)[nH]1. The van der Waals surface area contributed by atoms with E-state index in [4.69, 9.17) is 0 Å². The molecule has 0 bridgehead atoms. The fourth-order valence-electron chi connectivity index (χ4n) is 1.63. The topological polar surface area (TPSA) is 52.9 Å². The number of hydrogen-bond acceptors (Lipinski definition) is 2. The Bertz CT molecular complexity index is 344. The Balaban J connectivity index is 2.34. The number of nitrogens with one attached hydrogen (secondary N) is 1. The van der Waals surface area contributed by atoms with Crippen molar-refractivity contribution in [2.45, 2.75) is 26.7 Å². The van der Waals surface area contributed by atoms with Crippen molar-refractivity contribution < 1.29 is 9.59 Å². The summed E-state index contributed by atoms with van der Waals surface area (Å²) in [6.45, 7) is 4.55. The van der Waals surface area contributed by atoms with Gasteiger partial charge in [0.15, 0.2) is 0 Å². The molecule has 1 amide bonds. The van der Waals surface area contributed by atoms with Crippen LogP contribution >= 0.6 is 0 Å². The molecular weight excluding hydrogens is 168 g/mol. The Hall–Kier alpha value is -1.39. The molecular formula is C8H13N4O+. The van der Waals surface area contributed by atoms with Crippen molar-refractivity contribution in [3.8, 4) is 0 Å². The molecule has 1 N–H and O–H groups in total. The summed E-state index contributed by atoms with van der Waals surface area (Å²) in [5, 5.41) is 4.73. The third kappa shape index (κ3) is 1.30. The number of carbonyl (C=O) groups excluding carboxylic acids is 1. The molecule has 0 aliphatic carbocycles. The van der Waals surface area contributed by atoms with E-state index >= 15 is 0 Å². The maximum Gasteiger partial charge on any atom is 0.340 e. The minimum atomic E-state index is 0.164. The van der Waals surface area contributed by atoms with Crippen LogP contribution in [-0.2, 0) is 4.79 Å². The van der Waals surface area contributed by atoms with Crippen LogP contribution in [0.1, 0.15) is 24.5 Å². The zero-order valence-electron chi connectivity index (χ0n) is 7.87. The van der Waals surface area contributed by atoms with Crippen LogP contribution in [0.25, 0.3) is 0 Å². The van der Waals surface area contributed by atoms with E-state index in [1.165, 1.54) is 0 Å². The molecule has 1 fully saturated rings. The van der Waals surface area contributed by atoms with Crippen LogP contribution in [0.15, 0.2) is 0 Å². The molecule has 0 saturated carbocycles. The van der Waals surface area contributed by atoms with Gasteiger partial charge in [0.05, 0.1) is 6.54 Å². The summed E-state index contributed by atoms with van der Waals surface area (Å²) < 4.78 is 0. The lowest BCUT2D eigenvalue weighted by atomic mass is 10.4. The van der Waals surface area contributed by atoms with Crippen molar-refractivity contribution in [1.29, 1.82) is 0 Å². The summed E-state index contributed by atoms with van der Waals surface area (Å²) in [6, 6.07) is 0. The van der Waals surface area contributed by atoms with Gasteiger partial charge in [-0.05, 0) is 16.2 Å². The van der Waals surface area contributed by atoms with E-state index in [9.17, 15) is 4.79 Å². The van der Waals surface area contributed by atoms with E-state index < -0.39 is 0 Å². The quantitative estimate of drug-likeness (QED) is 0.598. The van der Waals surface area contributed by atoms with Gasteiger partial charge in [0.1, 0.15) is 0 Å². The normalized spacial score (nSPS) is 17.1. The van der Waals surface area contributed by atoms with E-state index in [0.717, 1.165) is 24.6 Å². The summed E-state index contributed by atoms with van der Waals surface area (Å²) in [5.41, 5.74) is 0. The highest BCUT2D eigenvalue weighted by atomic mass is 16.2. The molecule has 5 nitrogen and oxygen atoms in total. The molecule has 1 saturated heterocycles. The summed E-state index contributed by atoms with van der Waals surface area (Å²) in [4.78, 5) is 17.3. The summed E-state index contributed by atoms with van der Waals surface area (Å²) in [5.74, 6) is 1.82. The van der Waals surface area contributed by atoms with E-state index in [-0.39, 0.29) is 5.91 Å². The number of hydrogen-bond donors (Lipinski definition) is 1. The number of aryl methyl sites for hydroxylation is 2. The molecule has 2 rings (SSSR count). The molecule has 1 aliphatic heterocycles. The molecule has 0 radical (unpaired) electrons. The van der Waals surface area contributed by atoms with Crippen molar-refractivity contribution in [2.24, 2.45) is 0 Å². The molecule has 2 heterocycles. The Morgan fingerprint density at radius 2 is 2.31 bits per heavy atom. The third-order valence-electron chi connectivity index (χ3n) is 2.19. The molecule has 1 aliphatic rings. The fraction of sp³-hybridized carbons (Fsp3) is 0.625. The van der Waals surface area contributed by atoms with Crippen molar-refractivity contribution >= 4 is 5.91 Å². The first-order valence-electron chi connectivity index (χ1n) is 4.44. The van der Waals surface area contributed by atoms with Gasteiger partial charge in [-0.3, -0.25) is 4.79 Å². The molecule has 70 valence electrons. The highest BCUT2D eigenvalue weighted by molar-refractivity contribution is 5.86. The third-order valence-corrected chi connectivity index (χ3v) is 2.19. The summed E-state index contributed by atoms with van der Waals surface area (Å²) >= 11 is 0. The lowest BCUT2D eigenvalue weighted by molar-refractivity contribution is -0.742. The maximum atomic E-state index is 11.4. The number of nitrogens with zero attached hydrogens (tertiary/aromatic N) is 3. The average molecular weight is 181 g/mol. The van der Waals surface area contributed by atoms with Gasteiger partial charge in [0.25, 0.3) is 11.7 Å². The highest BCUT2D eigenvalue weighted by Crippen LogP contribution is 2.04. The van der Waals surface area contributed by atoms with Gasteiger partial charge < -0.3 is 0 Å². The first-order chi connectivity index (χ1) is 6.18. The predicted molar refractivity (Wildman–Crippen MR) is 45.6 cm³/mol. The van der Waals surface area contributed by atoms with Crippen LogP contribution in [0.2, 0.25) is 0 Å². The molecule has 0 aromatic carbocycles. The van der Waals surface area contributed by atoms with Gasteiger partial charge >= 0.3 is 5.82 Å². The van der Waals surface area contributed by atoms with E-state index in [1.54, 1.807) is 9.80 Å². The van der Waals surface area contributed by atoms with Crippen LogP contribution in [0.4, 0.5) is 0 Å². The number of H-pyrrole nitrogens is 1. The molecule has 5 heteroatoms. The van der Waals surface area contributed by atoms with Gasteiger partial charge in [-0.15, -0.1) is 0 Å². The molecule has 1 aromatic heterocycles. The van der Waals surface area contributed by atoms with E-state index in [2.05, 4.69) is 10.1 Å². The largest absolute Gasteiger partial charge is 0.340 e. The lowest BCUT2D eigenvalue weighted by Crippen LogP contribution is -2.61. The summed E-state index contributed by atoms with van der Waals surface area (Å²) in [7, 11) is 0. The second kappa shape index (κ2) is 2.83. The minimum Gasteiger partial charge on any atom is -0.271 e. The van der Waals surface area contributed by atoms with Crippen molar-refractivity contribution in [3.63, 3.8) is 0 Å². The highest BCUT2D eigenvalue weighted by Gasteiger charge is 2.29. The van der Waals surface area contributed by atoms with Gasteiger partial charge in [-0.2, -0.15) is 10.1 Å². The van der Waals surface area contributed by atoms with E-state index in [0.29, 0.717) is 6.42 Å². The van der Waals surface area contributed by atoms with Gasteiger partial charge in [-0.25, -0.2) is 0 Å². The molecule has 0 atom stereocenters. The Morgan fingerprint density at radius 1 is 1.54 bits per heavy atom. The average Bonchev–Trinajstić information content (AvgIpc) is 2.58. The molecule has 13 heavy (non-hydrogen) atoms. The number of rotatable bonds is 1. The van der Waals surface area contributed by atoms with Crippen LogP contribution in [-0.4, -0.2) is 22.5 Å². The zero-order valence-corrected chi connectivity index (χ0v) is 7.87. The number of aromatic nitrogens is 3. The lowest BCUT2D eigenvalue weighted by Gasteiger charge is -2.08. The predicted octanol–water partition coefficient (Wildman–Crippen LogP) is -0.428. The Kier molecular flexibility index (Phi) is 1.79. The first-order valence-corrected chi connectivity index (χ1v) is 4.44. The van der Waals surface area contributed by atoms with Crippen LogP contribution in [0.3, 0.4) is 0 Å². The fourth-order valence-corrected chi connectivity index (χ4v) is 1.63. The zero-order chi connectivity index (χ0) is 9.42.